The molecular weight excluding hydrogens is 258 g/mol. The zero-order valence-electron chi connectivity index (χ0n) is 13.4. The molecule has 2 heteroatoms. The van der Waals surface area contributed by atoms with E-state index in [9.17, 15) is 0 Å². The van der Waals surface area contributed by atoms with Gasteiger partial charge < -0.3 is 10.1 Å². The van der Waals surface area contributed by atoms with E-state index in [-0.39, 0.29) is 6.10 Å². The van der Waals surface area contributed by atoms with Crippen molar-refractivity contribution >= 4 is 10.8 Å². The summed E-state index contributed by atoms with van der Waals surface area (Å²) in [5.74, 6) is 0. The van der Waals surface area contributed by atoms with Gasteiger partial charge in [0.15, 0.2) is 0 Å². The summed E-state index contributed by atoms with van der Waals surface area (Å²) in [4.78, 5) is 0. The lowest BCUT2D eigenvalue weighted by molar-refractivity contribution is 0.0301. The van der Waals surface area contributed by atoms with Gasteiger partial charge in [0.1, 0.15) is 0 Å². The third kappa shape index (κ3) is 4.05. The van der Waals surface area contributed by atoms with Gasteiger partial charge in [0.25, 0.3) is 0 Å². The van der Waals surface area contributed by atoms with Crippen molar-refractivity contribution in [3.8, 4) is 0 Å². The monoisotopic (exact) mass is 285 g/mol. The lowest BCUT2D eigenvalue weighted by Crippen LogP contribution is -2.41. The van der Waals surface area contributed by atoms with Crippen LogP contribution >= 0.6 is 0 Å². The molecule has 114 valence electrons. The molecule has 0 heterocycles. The Hall–Kier alpha value is -1.38. The maximum atomic E-state index is 5.96. The van der Waals surface area contributed by atoms with E-state index in [4.69, 9.17) is 4.74 Å². The predicted molar refractivity (Wildman–Crippen MR) is 90.8 cm³/mol. The van der Waals surface area contributed by atoms with Crippen LogP contribution in [0.4, 0.5) is 0 Å². The second-order valence-corrected chi connectivity index (χ2v) is 5.52. The van der Waals surface area contributed by atoms with Crippen molar-refractivity contribution in [1.82, 2.24) is 5.32 Å². The number of hydrogen-bond acceptors (Lipinski definition) is 2. The molecule has 2 atom stereocenters. The Bertz CT molecular complexity index is 541. The van der Waals surface area contributed by atoms with Crippen LogP contribution in [0.1, 0.15) is 32.3 Å². The number of rotatable bonds is 8. The van der Waals surface area contributed by atoms with Crippen LogP contribution in [0.3, 0.4) is 0 Å². The first kappa shape index (κ1) is 16.0. The van der Waals surface area contributed by atoms with Gasteiger partial charge in [-0.3, -0.25) is 0 Å². The third-order valence-corrected chi connectivity index (χ3v) is 4.09. The molecule has 0 saturated carbocycles. The van der Waals surface area contributed by atoms with Crippen LogP contribution in [0.2, 0.25) is 0 Å². The minimum atomic E-state index is 0.281. The van der Waals surface area contributed by atoms with E-state index in [1.165, 1.54) is 16.3 Å². The fraction of sp³-hybridized carbons (Fsp3) is 0.474. The van der Waals surface area contributed by atoms with Crippen LogP contribution in [0, 0.1) is 0 Å². The van der Waals surface area contributed by atoms with Crippen molar-refractivity contribution in [3.05, 3.63) is 48.0 Å². The van der Waals surface area contributed by atoms with E-state index < -0.39 is 0 Å². The summed E-state index contributed by atoms with van der Waals surface area (Å²) >= 11 is 0. The zero-order chi connectivity index (χ0) is 15.1. The Balaban J connectivity index is 2.23. The summed E-state index contributed by atoms with van der Waals surface area (Å²) in [6, 6.07) is 15.5. The highest BCUT2D eigenvalue weighted by atomic mass is 16.5. The molecule has 2 rings (SSSR count). The fourth-order valence-electron chi connectivity index (χ4n) is 3.03. The quantitative estimate of drug-likeness (QED) is 0.786. The van der Waals surface area contributed by atoms with Gasteiger partial charge in [0.2, 0.25) is 0 Å². The Morgan fingerprint density at radius 2 is 1.81 bits per heavy atom. The number of fused-ring (bicyclic) bond motifs is 1. The van der Waals surface area contributed by atoms with Gasteiger partial charge in [0.05, 0.1) is 6.10 Å². The normalized spacial score (nSPS) is 14.2. The molecule has 0 saturated heterocycles. The van der Waals surface area contributed by atoms with E-state index in [0.29, 0.717) is 6.04 Å². The average Bonchev–Trinajstić information content (AvgIpc) is 2.52. The van der Waals surface area contributed by atoms with Crippen LogP contribution in [-0.2, 0) is 11.2 Å². The second kappa shape index (κ2) is 8.16. The van der Waals surface area contributed by atoms with E-state index >= 15 is 0 Å². The molecule has 0 aliphatic heterocycles. The third-order valence-electron chi connectivity index (χ3n) is 4.09. The summed E-state index contributed by atoms with van der Waals surface area (Å²) in [6.07, 6.45) is 3.54. The van der Waals surface area contributed by atoms with Crippen molar-refractivity contribution in [2.24, 2.45) is 0 Å². The molecule has 0 bridgehead atoms. The number of likely N-dealkylation sites (N-methyl/N-ethyl adjacent to an activating group) is 1. The smallest absolute Gasteiger partial charge is 0.0730 e. The highest BCUT2D eigenvalue weighted by Crippen LogP contribution is 2.21. The van der Waals surface area contributed by atoms with E-state index in [2.05, 4.69) is 61.6 Å². The van der Waals surface area contributed by atoms with Gasteiger partial charge in [-0.1, -0.05) is 55.8 Å². The molecule has 2 aromatic rings. The summed E-state index contributed by atoms with van der Waals surface area (Å²) in [6.45, 7) is 5.07. The van der Waals surface area contributed by atoms with Gasteiger partial charge in [0, 0.05) is 12.6 Å². The SMILES string of the molecule is CCCC(OCC)C(Cc1cccc2ccccc12)NC. The first-order valence-electron chi connectivity index (χ1n) is 8.05. The molecule has 2 aromatic carbocycles. The molecule has 1 N–H and O–H groups in total. The highest BCUT2D eigenvalue weighted by Gasteiger charge is 2.20. The Morgan fingerprint density at radius 1 is 1.05 bits per heavy atom. The fourth-order valence-corrected chi connectivity index (χ4v) is 3.03. The molecule has 0 aliphatic rings. The first-order valence-corrected chi connectivity index (χ1v) is 8.05. The molecule has 0 spiro atoms. The lowest BCUT2D eigenvalue weighted by atomic mass is 9.94. The average molecular weight is 285 g/mol. The number of hydrogen-bond donors (Lipinski definition) is 1. The molecule has 2 nitrogen and oxygen atoms in total. The molecule has 0 aliphatic carbocycles. The van der Waals surface area contributed by atoms with Crippen molar-refractivity contribution in [2.45, 2.75) is 45.3 Å². The second-order valence-electron chi connectivity index (χ2n) is 5.52. The molecule has 0 amide bonds. The van der Waals surface area contributed by atoms with E-state index in [1.54, 1.807) is 0 Å². The Labute approximate surface area is 128 Å². The van der Waals surface area contributed by atoms with Gasteiger partial charge >= 0.3 is 0 Å². The van der Waals surface area contributed by atoms with Crippen molar-refractivity contribution < 1.29 is 4.74 Å². The Morgan fingerprint density at radius 3 is 2.52 bits per heavy atom. The van der Waals surface area contributed by atoms with Crippen LogP contribution in [-0.4, -0.2) is 25.8 Å². The number of nitrogens with one attached hydrogen (secondary N) is 1. The lowest BCUT2D eigenvalue weighted by Gasteiger charge is -2.27. The first-order chi connectivity index (χ1) is 10.3. The maximum absolute atomic E-state index is 5.96. The van der Waals surface area contributed by atoms with Gasteiger partial charge in [-0.05, 0) is 43.1 Å². The Kier molecular flexibility index (Phi) is 6.21. The van der Waals surface area contributed by atoms with Crippen molar-refractivity contribution in [2.75, 3.05) is 13.7 Å². The van der Waals surface area contributed by atoms with Crippen molar-refractivity contribution in [3.63, 3.8) is 0 Å². The minimum absolute atomic E-state index is 0.281. The summed E-state index contributed by atoms with van der Waals surface area (Å²) in [5, 5.41) is 6.13. The predicted octanol–water partition coefficient (Wildman–Crippen LogP) is 4.18. The summed E-state index contributed by atoms with van der Waals surface area (Å²) < 4.78 is 5.96. The molecule has 2 unspecified atom stereocenters. The van der Waals surface area contributed by atoms with Crippen LogP contribution in [0.15, 0.2) is 42.5 Å². The van der Waals surface area contributed by atoms with Crippen molar-refractivity contribution in [1.29, 1.82) is 0 Å². The van der Waals surface area contributed by atoms with Gasteiger partial charge in [-0.25, -0.2) is 0 Å². The van der Waals surface area contributed by atoms with Crippen LogP contribution in [0.25, 0.3) is 10.8 Å². The van der Waals surface area contributed by atoms with Crippen LogP contribution in [0.5, 0.6) is 0 Å². The standard InChI is InChI=1S/C19H27NO/c1-4-9-19(21-5-2)18(20-3)14-16-12-8-11-15-10-6-7-13-17(15)16/h6-8,10-13,18-20H,4-5,9,14H2,1-3H3. The molecule has 0 radical (unpaired) electrons. The largest absolute Gasteiger partial charge is 0.377 e. The minimum Gasteiger partial charge on any atom is -0.377 e. The zero-order valence-corrected chi connectivity index (χ0v) is 13.4. The molecule has 0 aromatic heterocycles. The van der Waals surface area contributed by atoms with Gasteiger partial charge in [-0.15, -0.1) is 0 Å². The summed E-state index contributed by atoms with van der Waals surface area (Å²) in [7, 11) is 2.04. The highest BCUT2D eigenvalue weighted by molar-refractivity contribution is 5.85. The summed E-state index contributed by atoms with van der Waals surface area (Å²) in [5.41, 5.74) is 1.40. The molecular formula is C19H27NO. The van der Waals surface area contributed by atoms with Gasteiger partial charge in [-0.2, -0.15) is 0 Å². The van der Waals surface area contributed by atoms with E-state index in [1.807, 2.05) is 7.05 Å². The topological polar surface area (TPSA) is 21.3 Å². The maximum Gasteiger partial charge on any atom is 0.0730 e. The van der Waals surface area contributed by atoms with Crippen LogP contribution < -0.4 is 5.32 Å². The van der Waals surface area contributed by atoms with E-state index in [0.717, 1.165) is 25.9 Å². The molecule has 0 fully saturated rings. The number of ether oxygens (including phenoxy) is 1. The number of benzene rings is 2. The molecule has 21 heavy (non-hydrogen) atoms.